The van der Waals surface area contributed by atoms with Crippen molar-refractivity contribution in [3.8, 4) is 0 Å². The van der Waals surface area contributed by atoms with Crippen LogP contribution in [-0.4, -0.2) is 12.5 Å². The minimum Gasteiger partial charge on any atom is -0.355 e. The molecule has 1 N–H and O–H groups in total. The van der Waals surface area contributed by atoms with Crippen LogP contribution in [-0.2, 0) is 4.79 Å². The first-order valence-corrected chi connectivity index (χ1v) is 5.03. The highest BCUT2D eigenvalue weighted by Gasteiger charge is 2.21. The molecule has 0 aromatic heterocycles. The van der Waals surface area contributed by atoms with Crippen LogP contribution in [0.3, 0.4) is 0 Å². The van der Waals surface area contributed by atoms with Crippen LogP contribution >= 0.6 is 0 Å². The number of carbonyl (C=O) groups excluding carboxylic acids is 1. The van der Waals surface area contributed by atoms with Gasteiger partial charge in [-0.25, -0.2) is 0 Å². The van der Waals surface area contributed by atoms with E-state index in [-0.39, 0.29) is 11.3 Å². The first-order valence-electron chi connectivity index (χ1n) is 5.03. The number of hydrogen-bond donors (Lipinski definition) is 1. The van der Waals surface area contributed by atoms with Gasteiger partial charge in [-0.2, -0.15) is 0 Å². The molecular formula is C11H23NO. The first kappa shape index (κ1) is 12.5. The van der Waals surface area contributed by atoms with E-state index < -0.39 is 0 Å². The van der Waals surface area contributed by atoms with Crippen molar-refractivity contribution in [3.05, 3.63) is 0 Å². The topological polar surface area (TPSA) is 29.1 Å². The Kier molecular flexibility index (Phi) is 4.45. The van der Waals surface area contributed by atoms with E-state index in [0.717, 1.165) is 6.54 Å². The normalized spacial score (nSPS) is 14.4. The van der Waals surface area contributed by atoms with E-state index in [9.17, 15) is 4.79 Å². The van der Waals surface area contributed by atoms with Crippen molar-refractivity contribution in [1.29, 1.82) is 0 Å². The lowest BCUT2D eigenvalue weighted by Gasteiger charge is -2.21. The molecule has 0 heterocycles. The van der Waals surface area contributed by atoms with Crippen LogP contribution in [0.5, 0.6) is 0 Å². The van der Waals surface area contributed by atoms with Gasteiger partial charge in [-0.05, 0) is 11.8 Å². The lowest BCUT2D eigenvalue weighted by atomic mass is 9.94. The predicted octanol–water partition coefficient (Wildman–Crippen LogP) is 2.44. The van der Waals surface area contributed by atoms with E-state index in [1.54, 1.807) is 0 Å². The summed E-state index contributed by atoms with van der Waals surface area (Å²) in [6.07, 6.45) is 0. The monoisotopic (exact) mass is 185 g/mol. The zero-order valence-corrected chi connectivity index (χ0v) is 9.77. The first-order chi connectivity index (χ1) is 5.75. The van der Waals surface area contributed by atoms with Crippen LogP contribution in [0.4, 0.5) is 0 Å². The van der Waals surface area contributed by atoms with Crippen molar-refractivity contribution in [1.82, 2.24) is 5.32 Å². The van der Waals surface area contributed by atoms with Gasteiger partial charge in [0.2, 0.25) is 5.91 Å². The van der Waals surface area contributed by atoms with E-state index in [2.05, 4.69) is 26.1 Å². The molecule has 2 heteroatoms. The van der Waals surface area contributed by atoms with Gasteiger partial charge in [0, 0.05) is 12.0 Å². The molecule has 0 fully saturated rings. The lowest BCUT2D eigenvalue weighted by Crippen LogP contribution is -2.38. The van der Waals surface area contributed by atoms with Crippen LogP contribution in [0.15, 0.2) is 0 Å². The van der Waals surface area contributed by atoms with Gasteiger partial charge in [-0.3, -0.25) is 4.79 Å². The third-order valence-corrected chi connectivity index (χ3v) is 2.40. The summed E-state index contributed by atoms with van der Waals surface area (Å²) in [4.78, 5) is 11.5. The molecule has 0 aliphatic heterocycles. The molecule has 0 aliphatic carbocycles. The zero-order chi connectivity index (χ0) is 10.6. The fraction of sp³-hybridized carbons (Fsp3) is 0.909. The van der Waals surface area contributed by atoms with Crippen LogP contribution in [0.1, 0.15) is 41.5 Å². The third-order valence-electron chi connectivity index (χ3n) is 2.40. The van der Waals surface area contributed by atoms with Crippen LogP contribution < -0.4 is 5.32 Å². The van der Waals surface area contributed by atoms with E-state index in [1.807, 2.05) is 20.8 Å². The molecule has 0 radical (unpaired) electrons. The summed E-state index contributed by atoms with van der Waals surface area (Å²) in [6, 6.07) is 0. The average Bonchev–Trinajstić information content (AvgIpc) is 1.97. The molecule has 0 aliphatic rings. The molecule has 78 valence electrons. The highest BCUT2D eigenvalue weighted by molar-refractivity contribution is 5.81. The molecular weight excluding hydrogens is 162 g/mol. The van der Waals surface area contributed by atoms with Crippen LogP contribution in [0, 0.1) is 17.3 Å². The van der Waals surface area contributed by atoms with Crippen molar-refractivity contribution >= 4 is 5.91 Å². The summed E-state index contributed by atoms with van der Waals surface area (Å²) < 4.78 is 0. The number of nitrogens with one attached hydrogen (secondary N) is 1. The smallest absolute Gasteiger partial charge is 0.225 e. The largest absolute Gasteiger partial charge is 0.355 e. The Morgan fingerprint density at radius 2 is 1.69 bits per heavy atom. The Bertz CT molecular complexity index is 167. The van der Waals surface area contributed by atoms with Crippen molar-refractivity contribution in [2.24, 2.45) is 17.3 Å². The van der Waals surface area contributed by atoms with Gasteiger partial charge in [0.05, 0.1) is 0 Å². The second-order valence-electron chi connectivity index (χ2n) is 5.18. The molecule has 0 aromatic carbocycles. The van der Waals surface area contributed by atoms with Crippen LogP contribution in [0.25, 0.3) is 0 Å². The van der Waals surface area contributed by atoms with Crippen molar-refractivity contribution in [2.75, 3.05) is 6.54 Å². The minimum atomic E-state index is -0.267. The summed E-state index contributed by atoms with van der Waals surface area (Å²) >= 11 is 0. The maximum Gasteiger partial charge on any atom is 0.225 e. The fourth-order valence-corrected chi connectivity index (χ4v) is 0.755. The Morgan fingerprint density at radius 3 is 2.00 bits per heavy atom. The van der Waals surface area contributed by atoms with Gasteiger partial charge in [0.15, 0.2) is 0 Å². The standard InChI is InChI=1S/C11H23NO/c1-8(2)9(3)7-12-10(13)11(4,5)6/h8-9H,7H2,1-6H3,(H,12,13). The SMILES string of the molecule is CC(C)C(C)CNC(=O)C(C)(C)C. The van der Waals surface area contributed by atoms with Gasteiger partial charge < -0.3 is 5.32 Å². The second kappa shape index (κ2) is 4.64. The average molecular weight is 185 g/mol. The summed E-state index contributed by atoms with van der Waals surface area (Å²) in [7, 11) is 0. The molecule has 1 atom stereocenters. The molecule has 0 aromatic rings. The van der Waals surface area contributed by atoms with Crippen molar-refractivity contribution in [3.63, 3.8) is 0 Å². The van der Waals surface area contributed by atoms with Gasteiger partial charge in [0.1, 0.15) is 0 Å². The lowest BCUT2D eigenvalue weighted by molar-refractivity contribution is -0.128. The number of carbonyl (C=O) groups is 1. The Labute approximate surface area is 82.1 Å². The number of hydrogen-bond acceptors (Lipinski definition) is 1. The number of amides is 1. The molecule has 1 unspecified atom stereocenters. The maximum atomic E-state index is 11.5. The van der Waals surface area contributed by atoms with Crippen molar-refractivity contribution < 1.29 is 4.79 Å². The van der Waals surface area contributed by atoms with E-state index in [0.29, 0.717) is 11.8 Å². The molecule has 1 amide bonds. The Morgan fingerprint density at radius 1 is 1.23 bits per heavy atom. The van der Waals surface area contributed by atoms with Gasteiger partial charge in [-0.15, -0.1) is 0 Å². The highest BCUT2D eigenvalue weighted by atomic mass is 16.2. The molecule has 2 nitrogen and oxygen atoms in total. The van der Waals surface area contributed by atoms with Crippen LogP contribution in [0.2, 0.25) is 0 Å². The van der Waals surface area contributed by atoms with Gasteiger partial charge in [-0.1, -0.05) is 41.5 Å². The highest BCUT2D eigenvalue weighted by Crippen LogP contribution is 2.13. The predicted molar refractivity (Wildman–Crippen MR) is 56.5 cm³/mol. The maximum absolute atomic E-state index is 11.5. The van der Waals surface area contributed by atoms with E-state index in [4.69, 9.17) is 0 Å². The summed E-state index contributed by atoms with van der Waals surface area (Å²) in [5, 5.41) is 2.96. The molecule has 0 saturated carbocycles. The molecule has 0 saturated heterocycles. The Balaban J connectivity index is 3.84. The summed E-state index contributed by atoms with van der Waals surface area (Å²) in [5.74, 6) is 1.31. The van der Waals surface area contributed by atoms with E-state index in [1.165, 1.54) is 0 Å². The van der Waals surface area contributed by atoms with Gasteiger partial charge in [0.25, 0.3) is 0 Å². The van der Waals surface area contributed by atoms with E-state index >= 15 is 0 Å². The molecule has 0 bridgehead atoms. The zero-order valence-electron chi connectivity index (χ0n) is 9.77. The quantitative estimate of drug-likeness (QED) is 0.719. The Hall–Kier alpha value is -0.530. The number of rotatable bonds is 3. The minimum absolute atomic E-state index is 0.139. The summed E-state index contributed by atoms with van der Waals surface area (Å²) in [5.41, 5.74) is -0.267. The second-order valence-corrected chi connectivity index (χ2v) is 5.18. The molecule has 0 spiro atoms. The molecule has 13 heavy (non-hydrogen) atoms. The summed E-state index contributed by atoms with van der Waals surface area (Å²) in [6.45, 7) is 13.1. The fourth-order valence-electron chi connectivity index (χ4n) is 0.755. The van der Waals surface area contributed by atoms with Crippen molar-refractivity contribution in [2.45, 2.75) is 41.5 Å². The van der Waals surface area contributed by atoms with Gasteiger partial charge >= 0.3 is 0 Å². The molecule has 0 rings (SSSR count). The third kappa shape index (κ3) is 4.91.